The van der Waals surface area contributed by atoms with E-state index in [0.29, 0.717) is 22.0 Å². The van der Waals surface area contributed by atoms with Gasteiger partial charge < -0.3 is 9.94 Å². The molecule has 0 N–H and O–H groups in total. The maximum atomic E-state index is 11.8. The van der Waals surface area contributed by atoms with Crippen molar-refractivity contribution in [1.29, 1.82) is 0 Å². The summed E-state index contributed by atoms with van der Waals surface area (Å²) < 4.78 is 4.99. The number of nitro groups is 1. The van der Waals surface area contributed by atoms with Crippen LogP contribution in [0.3, 0.4) is 0 Å². The van der Waals surface area contributed by atoms with Crippen LogP contribution in [0, 0.1) is 15.3 Å². The van der Waals surface area contributed by atoms with Crippen molar-refractivity contribution >= 4 is 17.1 Å². The standard InChI is InChI=1S/C13H11N3O4/c1-20-13-8-6-11(7-9-13)15(17)14-10-2-4-12(5-3-10)16(18)19/h2-9H,1H3. The molecule has 0 unspecified atom stereocenters. The zero-order chi connectivity index (χ0) is 14.5. The summed E-state index contributed by atoms with van der Waals surface area (Å²) in [4.78, 5) is 10.4. The second-order valence-corrected chi connectivity index (χ2v) is 3.84. The Morgan fingerprint density at radius 1 is 0.950 bits per heavy atom. The van der Waals surface area contributed by atoms with Gasteiger partial charge in [0.05, 0.1) is 12.0 Å². The third-order valence-electron chi connectivity index (χ3n) is 2.56. The molecule has 7 nitrogen and oxygen atoms in total. The van der Waals surface area contributed by atoms with Crippen LogP contribution in [0.25, 0.3) is 0 Å². The molecule has 0 fully saturated rings. The van der Waals surface area contributed by atoms with Crippen LogP contribution in [-0.2, 0) is 0 Å². The lowest BCUT2D eigenvalue weighted by Crippen LogP contribution is -1.91. The summed E-state index contributed by atoms with van der Waals surface area (Å²) in [6.45, 7) is 0. The van der Waals surface area contributed by atoms with E-state index in [-0.39, 0.29) is 5.69 Å². The zero-order valence-electron chi connectivity index (χ0n) is 10.6. The van der Waals surface area contributed by atoms with E-state index in [0.717, 1.165) is 0 Å². The Hall–Kier alpha value is -2.96. The summed E-state index contributed by atoms with van der Waals surface area (Å²) in [6, 6.07) is 11.8. The molecule has 0 saturated carbocycles. The van der Waals surface area contributed by atoms with Gasteiger partial charge in [0.1, 0.15) is 11.4 Å². The highest BCUT2D eigenvalue weighted by molar-refractivity contribution is 5.43. The van der Waals surface area contributed by atoms with Crippen molar-refractivity contribution in [3.8, 4) is 5.75 Å². The lowest BCUT2D eigenvalue weighted by Gasteiger charge is -2.01. The average Bonchev–Trinajstić information content (AvgIpc) is 2.48. The summed E-state index contributed by atoms with van der Waals surface area (Å²) >= 11 is 0. The fraction of sp³-hybridized carbons (Fsp3) is 0.0769. The molecule has 0 aliphatic carbocycles. The molecule has 0 amide bonds. The maximum Gasteiger partial charge on any atom is 0.269 e. The molecule has 2 aromatic carbocycles. The molecule has 0 spiro atoms. The molecule has 2 aromatic rings. The van der Waals surface area contributed by atoms with Crippen molar-refractivity contribution in [2.24, 2.45) is 5.11 Å². The number of benzene rings is 2. The fourth-order valence-corrected chi connectivity index (χ4v) is 1.51. The lowest BCUT2D eigenvalue weighted by atomic mass is 10.3. The first-order valence-electron chi connectivity index (χ1n) is 5.67. The number of hydrogen-bond donors (Lipinski definition) is 0. The van der Waals surface area contributed by atoms with E-state index in [1.807, 2.05) is 0 Å². The van der Waals surface area contributed by atoms with E-state index >= 15 is 0 Å². The van der Waals surface area contributed by atoms with Gasteiger partial charge in [0.25, 0.3) is 5.69 Å². The molecule has 0 radical (unpaired) electrons. The first kappa shape index (κ1) is 13.5. The molecule has 102 valence electrons. The Balaban J connectivity index is 2.22. The minimum absolute atomic E-state index is 0.0501. The van der Waals surface area contributed by atoms with Crippen molar-refractivity contribution < 1.29 is 14.5 Å². The summed E-state index contributed by atoms with van der Waals surface area (Å²) in [6.07, 6.45) is 0. The number of hydrogen-bond acceptors (Lipinski definition) is 5. The van der Waals surface area contributed by atoms with Gasteiger partial charge in [-0.25, -0.2) is 0 Å². The molecule has 0 aliphatic rings. The number of methoxy groups -OCH3 is 1. The Bertz CT molecular complexity index is 636. The number of azo groups is 1. The second kappa shape index (κ2) is 5.79. The monoisotopic (exact) mass is 273 g/mol. The minimum atomic E-state index is -0.512. The third-order valence-corrected chi connectivity index (χ3v) is 2.56. The van der Waals surface area contributed by atoms with Crippen LogP contribution in [0.4, 0.5) is 17.1 Å². The Kier molecular flexibility index (Phi) is 3.90. The van der Waals surface area contributed by atoms with Crippen LogP contribution in [0.15, 0.2) is 53.6 Å². The van der Waals surface area contributed by atoms with Gasteiger partial charge in [-0.05, 0) is 24.3 Å². The number of nitrogens with zero attached hydrogens (tertiary/aromatic N) is 3. The molecule has 0 heterocycles. The van der Waals surface area contributed by atoms with Gasteiger partial charge >= 0.3 is 0 Å². The van der Waals surface area contributed by atoms with Crippen molar-refractivity contribution in [1.82, 2.24) is 0 Å². The first-order valence-corrected chi connectivity index (χ1v) is 5.67. The highest BCUT2D eigenvalue weighted by atomic mass is 16.6. The van der Waals surface area contributed by atoms with Gasteiger partial charge in [-0.15, -0.1) is 0 Å². The Morgan fingerprint density at radius 3 is 2.00 bits per heavy atom. The quantitative estimate of drug-likeness (QED) is 0.368. The smallest absolute Gasteiger partial charge is 0.269 e. The number of ether oxygens (including phenoxy) is 1. The molecule has 2 rings (SSSR count). The largest absolute Gasteiger partial charge is 0.594 e. The van der Waals surface area contributed by atoms with Crippen molar-refractivity contribution in [2.45, 2.75) is 0 Å². The highest BCUT2D eigenvalue weighted by Gasteiger charge is 2.07. The van der Waals surface area contributed by atoms with E-state index in [4.69, 9.17) is 4.74 Å². The summed E-state index contributed by atoms with van der Waals surface area (Å²) in [5, 5.41) is 26.1. The summed E-state index contributed by atoms with van der Waals surface area (Å²) in [7, 11) is 1.53. The van der Waals surface area contributed by atoms with Gasteiger partial charge in [0.2, 0.25) is 5.69 Å². The maximum absolute atomic E-state index is 11.8. The zero-order valence-corrected chi connectivity index (χ0v) is 10.6. The predicted octanol–water partition coefficient (Wildman–Crippen LogP) is 3.53. The van der Waals surface area contributed by atoms with Crippen LogP contribution in [0.2, 0.25) is 0 Å². The van der Waals surface area contributed by atoms with Crippen LogP contribution in [-0.4, -0.2) is 16.9 Å². The van der Waals surface area contributed by atoms with E-state index in [9.17, 15) is 15.3 Å². The molecular formula is C13H11N3O4. The van der Waals surface area contributed by atoms with Crippen LogP contribution >= 0.6 is 0 Å². The Morgan fingerprint density at radius 2 is 1.50 bits per heavy atom. The van der Waals surface area contributed by atoms with E-state index in [1.54, 1.807) is 24.3 Å². The van der Waals surface area contributed by atoms with Gasteiger partial charge in [-0.3, -0.25) is 10.1 Å². The number of non-ortho nitro benzene ring substituents is 1. The average molecular weight is 273 g/mol. The molecule has 7 heteroatoms. The van der Waals surface area contributed by atoms with Gasteiger partial charge in [0.15, 0.2) is 0 Å². The molecule has 0 atom stereocenters. The predicted molar refractivity (Wildman–Crippen MR) is 71.5 cm³/mol. The van der Waals surface area contributed by atoms with Crippen LogP contribution < -0.4 is 4.74 Å². The number of nitro benzene ring substituents is 1. The summed E-state index contributed by atoms with van der Waals surface area (Å²) in [5.74, 6) is 0.637. The highest BCUT2D eigenvalue weighted by Crippen LogP contribution is 2.22. The Labute approximate surface area is 114 Å². The molecule has 0 aromatic heterocycles. The second-order valence-electron chi connectivity index (χ2n) is 3.84. The van der Waals surface area contributed by atoms with Crippen LogP contribution in [0.5, 0.6) is 5.75 Å². The third kappa shape index (κ3) is 3.08. The van der Waals surface area contributed by atoms with Crippen molar-refractivity contribution in [3.63, 3.8) is 0 Å². The van der Waals surface area contributed by atoms with Gasteiger partial charge in [0, 0.05) is 29.4 Å². The SMILES string of the molecule is COc1ccc([N+]([O-])=Nc2ccc([N+](=O)[O-])cc2)cc1. The van der Waals surface area contributed by atoms with Gasteiger partial charge in [-0.1, -0.05) is 4.86 Å². The molecule has 0 saturated heterocycles. The molecule has 0 aliphatic heterocycles. The summed E-state index contributed by atoms with van der Waals surface area (Å²) in [5.41, 5.74) is 0.622. The van der Waals surface area contributed by atoms with E-state index in [2.05, 4.69) is 5.11 Å². The van der Waals surface area contributed by atoms with Crippen molar-refractivity contribution in [3.05, 3.63) is 63.9 Å². The molecule has 20 heavy (non-hydrogen) atoms. The van der Waals surface area contributed by atoms with Gasteiger partial charge in [-0.2, -0.15) is 0 Å². The number of rotatable bonds is 4. The lowest BCUT2D eigenvalue weighted by molar-refractivity contribution is -0.435. The fourth-order valence-electron chi connectivity index (χ4n) is 1.51. The van der Waals surface area contributed by atoms with Crippen LogP contribution in [0.1, 0.15) is 0 Å². The van der Waals surface area contributed by atoms with E-state index in [1.165, 1.54) is 31.4 Å². The normalized spacial score (nSPS) is 11.2. The van der Waals surface area contributed by atoms with Crippen molar-refractivity contribution in [2.75, 3.05) is 7.11 Å². The molecular weight excluding hydrogens is 262 g/mol. The topological polar surface area (TPSA) is 90.8 Å². The minimum Gasteiger partial charge on any atom is -0.594 e. The van der Waals surface area contributed by atoms with E-state index < -0.39 is 4.92 Å². The molecule has 0 bridgehead atoms. The first-order chi connectivity index (χ1) is 9.60.